The Morgan fingerprint density at radius 3 is 1.90 bits per heavy atom. The molecule has 3 nitrogen and oxygen atoms in total. The number of urea groups is 1. The maximum atomic E-state index is 11.6. The molecule has 0 atom stereocenters. The van der Waals surface area contributed by atoms with E-state index in [0.29, 0.717) is 5.41 Å². The largest absolute Gasteiger partial charge is 0.323 e. The summed E-state index contributed by atoms with van der Waals surface area (Å²) in [6.07, 6.45) is 14.1. The zero-order valence-corrected chi connectivity index (χ0v) is 19.3. The minimum atomic E-state index is -0.239. The molecule has 1 aliphatic carbocycles. The van der Waals surface area contributed by atoms with Crippen molar-refractivity contribution in [3.05, 3.63) is 96.1 Å². The van der Waals surface area contributed by atoms with Gasteiger partial charge in [0.25, 0.3) is 0 Å². The molecule has 0 saturated carbocycles. The zero-order valence-electron chi connectivity index (χ0n) is 19.3. The quantitative estimate of drug-likeness (QED) is 0.474. The number of carbonyl (C=O) groups excluding carboxylic acids is 1. The first-order chi connectivity index (χ1) is 14.8. The molecule has 2 N–H and O–H groups in total. The highest BCUT2D eigenvalue weighted by molar-refractivity contribution is 5.99. The molecule has 2 aromatic rings. The molecule has 0 aromatic heterocycles. The average Bonchev–Trinajstić information content (AvgIpc) is 2.76. The Morgan fingerprint density at radius 2 is 1.35 bits per heavy atom. The summed E-state index contributed by atoms with van der Waals surface area (Å²) in [5, 5.41) is 5.48. The van der Waals surface area contributed by atoms with Gasteiger partial charge in [0, 0.05) is 11.4 Å². The van der Waals surface area contributed by atoms with Gasteiger partial charge in [-0.25, -0.2) is 4.79 Å². The van der Waals surface area contributed by atoms with E-state index in [-0.39, 0.29) is 6.03 Å². The predicted molar refractivity (Wildman–Crippen MR) is 134 cm³/mol. The van der Waals surface area contributed by atoms with Crippen molar-refractivity contribution in [1.29, 1.82) is 0 Å². The third kappa shape index (κ3) is 10.5. The van der Waals surface area contributed by atoms with E-state index in [0.717, 1.165) is 24.2 Å². The van der Waals surface area contributed by atoms with Crippen molar-refractivity contribution in [2.45, 2.75) is 53.4 Å². The van der Waals surface area contributed by atoms with Crippen LogP contribution in [0.4, 0.5) is 16.2 Å². The van der Waals surface area contributed by atoms with Crippen LogP contribution in [0, 0.1) is 5.41 Å². The molecule has 2 aromatic carbocycles. The molecule has 164 valence electrons. The topological polar surface area (TPSA) is 41.1 Å². The first kappa shape index (κ1) is 24.2. The molecule has 0 heterocycles. The summed E-state index contributed by atoms with van der Waals surface area (Å²) in [5.74, 6) is 0. The molecular weight excluding hydrogens is 380 g/mol. The van der Waals surface area contributed by atoms with Gasteiger partial charge in [-0.2, -0.15) is 0 Å². The van der Waals surface area contributed by atoms with E-state index in [1.165, 1.54) is 24.0 Å². The van der Waals surface area contributed by atoms with E-state index in [1.807, 2.05) is 60.7 Å². The summed E-state index contributed by atoms with van der Waals surface area (Å²) < 4.78 is 0. The molecule has 0 radical (unpaired) electrons. The van der Waals surface area contributed by atoms with Crippen LogP contribution in [0.25, 0.3) is 0 Å². The van der Waals surface area contributed by atoms with Gasteiger partial charge in [0.05, 0.1) is 0 Å². The molecule has 0 fully saturated rings. The van der Waals surface area contributed by atoms with Crippen molar-refractivity contribution in [2.24, 2.45) is 5.41 Å². The van der Waals surface area contributed by atoms with Gasteiger partial charge < -0.3 is 10.6 Å². The second kappa shape index (κ2) is 12.6. The van der Waals surface area contributed by atoms with Crippen LogP contribution in [-0.4, -0.2) is 6.03 Å². The summed E-state index contributed by atoms with van der Waals surface area (Å²) in [5.41, 5.74) is 4.89. The van der Waals surface area contributed by atoms with Gasteiger partial charge in [0.2, 0.25) is 0 Å². The summed E-state index contributed by atoms with van der Waals surface area (Å²) in [6, 6.07) is 18.4. The Morgan fingerprint density at radius 1 is 0.806 bits per heavy atom. The Bertz CT molecular complexity index is 850. The summed E-state index contributed by atoms with van der Waals surface area (Å²) in [6.45, 7) is 9.10. The average molecular weight is 417 g/mol. The molecule has 0 spiro atoms. The number of para-hydroxylation sites is 2. The fraction of sp³-hybridized carbons (Fsp3) is 0.321. The van der Waals surface area contributed by atoms with Gasteiger partial charge in [-0.3, -0.25) is 0 Å². The molecule has 0 unspecified atom stereocenters. The van der Waals surface area contributed by atoms with E-state index >= 15 is 0 Å². The number of hydrogen-bond donors (Lipinski definition) is 2. The van der Waals surface area contributed by atoms with Crippen LogP contribution in [0.5, 0.6) is 0 Å². The Labute approximate surface area is 188 Å². The number of hydrogen-bond acceptors (Lipinski definition) is 1. The summed E-state index contributed by atoms with van der Waals surface area (Å²) in [4.78, 5) is 11.6. The van der Waals surface area contributed by atoms with Crippen molar-refractivity contribution in [1.82, 2.24) is 0 Å². The normalized spacial score (nSPS) is 15.9. The van der Waals surface area contributed by atoms with Crippen LogP contribution in [0.15, 0.2) is 96.1 Å². The monoisotopic (exact) mass is 416 g/mol. The number of nitrogens with one attached hydrogen (secondary N) is 2. The summed E-state index contributed by atoms with van der Waals surface area (Å²) >= 11 is 0. The van der Waals surface area contributed by atoms with E-state index in [9.17, 15) is 4.79 Å². The van der Waals surface area contributed by atoms with E-state index < -0.39 is 0 Å². The molecule has 3 heteroatoms. The first-order valence-electron chi connectivity index (χ1n) is 11.0. The fourth-order valence-electron chi connectivity index (χ4n) is 3.14. The lowest BCUT2D eigenvalue weighted by Gasteiger charge is -2.18. The first-order valence-corrected chi connectivity index (χ1v) is 11.0. The fourth-order valence-corrected chi connectivity index (χ4v) is 3.14. The van der Waals surface area contributed by atoms with E-state index in [1.54, 1.807) is 0 Å². The van der Waals surface area contributed by atoms with Gasteiger partial charge in [0.15, 0.2) is 0 Å². The van der Waals surface area contributed by atoms with Crippen molar-refractivity contribution >= 4 is 17.4 Å². The maximum Gasteiger partial charge on any atom is 0.323 e. The standard InChI is InChI=1S/C15H24.C13H12N2O/c1-13-7-5-8-14(2)10-12-15(3,4)11-6-9-13;16-13(14-11-7-3-1-4-8-11)15-12-9-5-2-6-10-12/h6-7,10-11H,5,8-9,12H2,1-4H3;1-10H,(H2,14,15,16). The number of carbonyl (C=O) groups is 1. The number of anilines is 2. The molecule has 3 rings (SSSR count). The lowest BCUT2D eigenvalue weighted by molar-refractivity contribution is 0.262. The maximum absolute atomic E-state index is 11.6. The Balaban J connectivity index is 0.000000221. The highest BCUT2D eigenvalue weighted by Gasteiger charge is 2.11. The highest BCUT2D eigenvalue weighted by atomic mass is 16.2. The zero-order chi connectivity index (χ0) is 22.5. The molecule has 31 heavy (non-hydrogen) atoms. The van der Waals surface area contributed by atoms with Crippen molar-refractivity contribution in [2.75, 3.05) is 10.6 Å². The van der Waals surface area contributed by atoms with Gasteiger partial charge in [-0.15, -0.1) is 0 Å². The molecule has 0 aliphatic heterocycles. The predicted octanol–water partition coefficient (Wildman–Crippen LogP) is 8.37. The van der Waals surface area contributed by atoms with Gasteiger partial charge in [0.1, 0.15) is 0 Å². The SMILES string of the molecule is CC1=CCCC(C)=CCC(C)(C)C=CC1.O=C(Nc1ccccc1)Nc1ccccc1. The number of benzene rings is 2. The van der Waals surface area contributed by atoms with Crippen LogP contribution in [0.1, 0.15) is 53.4 Å². The molecule has 2 amide bonds. The van der Waals surface area contributed by atoms with E-state index in [4.69, 9.17) is 0 Å². The smallest absolute Gasteiger partial charge is 0.308 e. The third-order valence-electron chi connectivity index (χ3n) is 5.08. The Kier molecular flexibility index (Phi) is 9.83. The molecule has 1 aliphatic rings. The van der Waals surface area contributed by atoms with Gasteiger partial charge >= 0.3 is 6.03 Å². The van der Waals surface area contributed by atoms with Crippen molar-refractivity contribution in [3.63, 3.8) is 0 Å². The van der Waals surface area contributed by atoms with Crippen LogP contribution >= 0.6 is 0 Å². The molecular formula is C28H36N2O. The number of allylic oxidation sites excluding steroid dienone is 6. The van der Waals surface area contributed by atoms with Gasteiger partial charge in [-0.05, 0) is 69.2 Å². The van der Waals surface area contributed by atoms with Crippen LogP contribution < -0.4 is 10.6 Å². The second-order valence-electron chi connectivity index (χ2n) is 8.75. The minimum Gasteiger partial charge on any atom is -0.308 e. The van der Waals surface area contributed by atoms with Crippen LogP contribution in [0.2, 0.25) is 0 Å². The summed E-state index contributed by atoms with van der Waals surface area (Å²) in [7, 11) is 0. The number of rotatable bonds is 2. The lowest BCUT2D eigenvalue weighted by Crippen LogP contribution is -2.19. The third-order valence-corrected chi connectivity index (χ3v) is 5.08. The van der Waals surface area contributed by atoms with Crippen molar-refractivity contribution in [3.8, 4) is 0 Å². The van der Waals surface area contributed by atoms with Crippen LogP contribution in [0.3, 0.4) is 0 Å². The molecule has 0 saturated heterocycles. The van der Waals surface area contributed by atoms with E-state index in [2.05, 4.69) is 62.6 Å². The Hall–Kier alpha value is -3.07. The van der Waals surface area contributed by atoms with Crippen molar-refractivity contribution < 1.29 is 4.79 Å². The van der Waals surface area contributed by atoms with Crippen LogP contribution in [-0.2, 0) is 0 Å². The second-order valence-corrected chi connectivity index (χ2v) is 8.75. The molecule has 0 bridgehead atoms. The minimum absolute atomic E-state index is 0.239. The lowest BCUT2D eigenvalue weighted by atomic mass is 9.87. The highest BCUT2D eigenvalue weighted by Crippen LogP contribution is 2.25. The van der Waals surface area contributed by atoms with Gasteiger partial charge in [-0.1, -0.05) is 85.7 Å². The number of amides is 2.